The molecule has 1 aromatic carbocycles. The van der Waals surface area contributed by atoms with Crippen molar-refractivity contribution in [2.45, 2.75) is 25.3 Å². The molecule has 3 nitrogen and oxygen atoms in total. The van der Waals surface area contributed by atoms with Gasteiger partial charge in [0.25, 0.3) is 0 Å². The number of ether oxygens (including phenoxy) is 2. The summed E-state index contributed by atoms with van der Waals surface area (Å²) in [6.45, 7) is 3.09. The largest absolute Gasteiger partial charge is 0.453 e. The average Bonchev–Trinajstić information content (AvgIpc) is 2.87. The molecule has 0 aliphatic carbocycles. The molecule has 0 radical (unpaired) electrons. The Hall–Kier alpha value is -0.810. The second-order valence-corrected chi connectivity index (χ2v) is 5.44. The van der Waals surface area contributed by atoms with Gasteiger partial charge in [-0.25, -0.2) is 4.39 Å². The van der Waals surface area contributed by atoms with Crippen LogP contribution in [0.3, 0.4) is 0 Å². The molecule has 1 N–H and O–H groups in total. The molecular formula is C12H13BrFNO2. The molecule has 0 saturated carbocycles. The van der Waals surface area contributed by atoms with Crippen LogP contribution in [0, 0.1) is 5.82 Å². The van der Waals surface area contributed by atoms with Crippen LogP contribution in [0.2, 0.25) is 0 Å². The van der Waals surface area contributed by atoms with E-state index in [9.17, 15) is 4.39 Å². The van der Waals surface area contributed by atoms with Gasteiger partial charge in [-0.3, -0.25) is 0 Å². The summed E-state index contributed by atoms with van der Waals surface area (Å²) in [7, 11) is 0. The van der Waals surface area contributed by atoms with Gasteiger partial charge in [-0.05, 0) is 42.2 Å². The maximum Gasteiger partial charge on any atom is 0.231 e. The summed E-state index contributed by atoms with van der Waals surface area (Å²) in [5, 5.41) is 3.36. The Labute approximate surface area is 107 Å². The normalized spacial score (nSPS) is 26.5. The first-order chi connectivity index (χ1) is 8.12. The van der Waals surface area contributed by atoms with Gasteiger partial charge in [-0.15, -0.1) is 0 Å². The second-order valence-electron chi connectivity index (χ2n) is 4.64. The minimum Gasteiger partial charge on any atom is -0.453 e. The van der Waals surface area contributed by atoms with Gasteiger partial charge in [0.1, 0.15) is 5.82 Å². The number of hydrogen-bond acceptors (Lipinski definition) is 3. The average molecular weight is 302 g/mol. The van der Waals surface area contributed by atoms with Crippen LogP contribution in [-0.2, 0) is 5.54 Å². The van der Waals surface area contributed by atoms with E-state index >= 15 is 0 Å². The van der Waals surface area contributed by atoms with Crippen LogP contribution >= 0.6 is 15.9 Å². The summed E-state index contributed by atoms with van der Waals surface area (Å²) >= 11 is 3.44. The molecule has 1 aromatic rings. The molecule has 0 bridgehead atoms. The lowest BCUT2D eigenvalue weighted by Crippen LogP contribution is -2.34. The minimum atomic E-state index is -0.329. The zero-order valence-electron chi connectivity index (χ0n) is 9.48. The highest BCUT2D eigenvalue weighted by Gasteiger charge is 2.37. The Bertz CT molecular complexity index is 472. The number of fused-ring (bicyclic) bond motifs is 1. The Morgan fingerprint density at radius 3 is 3.00 bits per heavy atom. The zero-order chi connectivity index (χ0) is 12.0. The number of nitrogens with one attached hydrogen (secondary N) is 1. The molecule has 5 heteroatoms. The maximum atomic E-state index is 14.2. The summed E-state index contributed by atoms with van der Waals surface area (Å²) in [6.07, 6.45) is 1.97. The molecule has 2 aliphatic heterocycles. The van der Waals surface area contributed by atoms with E-state index in [1.54, 1.807) is 0 Å². The lowest BCUT2D eigenvalue weighted by Gasteiger charge is -2.27. The zero-order valence-corrected chi connectivity index (χ0v) is 11.1. The van der Waals surface area contributed by atoms with Gasteiger partial charge >= 0.3 is 0 Å². The summed E-state index contributed by atoms with van der Waals surface area (Å²) in [4.78, 5) is 0. The van der Waals surface area contributed by atoms with E-state index in [4.69, 9.17) is 9.47 Å². The van der Waals surface area contributed by atoms with E-state index in [2.05, 4.69) is 21.2 Å². The molecule has 1 unspecified atom stereocenters. The molecule has 1 saturated heterocycles. The Balaban J connectivity index is 2.16. The van der Waals surface area contributed by atoms with E-state index < -0.39 is 0 Å². The number of rotatable bonds is 1. The van der Waals surface area contributed by atoms with Gasteiger partial charge in [0.2, 0.25) is 6.79 Å². The van der Waals surface area contributed by atoms with Crippen molar-refractivity contribution in [3.05, 3.63) is 21.9 Å². The fraction of sp³-hybridized carbons (Fsp3) is 0.500. The van der Waals surface area contributed by atoms with Crippen LogP contribution in [-0.4, -0.2) is 13.3 Å². The van der Waals surface area contributed by atoms with Crippen LogP contribution in [0.4, 0.5) is 4.39 Å². The number of halogens is 2. The maximum absolute atomic E-state index is 14.2. The summed E-state index contributed by atoms with van der Waals surface area (Å²) in [5.41, 5.74) is 0.309. The highest BCUT2D eigenvalue weighted by Crippen LogP contribution is 2.47. The monoisotopic (exact) mass is 301 g/mol. The molecule has 17 heavy (non-hydrogen) atoms. The molecule has 3 rings (SSSR count). The van der Waals surface area contributed by atoms with Crippen LogP contribution in [0.5, 0.6) is 11.5 Å². The SMILES string of the molecule is CC1(c2c(F)cc3c(c2Br)OCO3)CCCN1. The van der Waals surface area contributed by atoms with E-state index in [-0.39, 0.29) is 18.1 Å². The van der Waals surface area contributed by atoms with Gasteiger partial charge in [0.05, 0.1) is 4.47 Å². The first kappa shape index (κ1) is 11.3. The van der Waals surface area contributed by atoms with Crippen LogP contribution in [0.25, 0.3) is 0 Å². The van der Waals surface area contributed by atoms with Gasteiger partial charge in [-0.1, -0.05) is 0 Å². The first-order valence-corrected chi connectivity index (χ1v) is 6.44. The van der Waals surface area contributed by atoms with E-state index in [0.29, 0.717) is 21.5 Å². The Morgan fingerprint density at radius 1 is 1.47 bits per heavy atom. The number of benzene rings is 1. The molecule has 0 amide bonds. The highest BCUT2D eigenvalue weighted by atomic mass is 79.9. The quantitative estimate of drug-likeness (QED) is 0.865. The predicted octanol–water partition coefficient (Wildman–Crippen LogP) is 2.92. The summed E-state index contributed by atoms with van der Waals surface area (Å²) < 4.78 is 25.4. The van der Waals surface area contributed by atoms with Crippen LogP contribution in [0.15, 0.2) is 10.5 Å². The molecule has 1 atom stereocenters. The molecule has 0 aromatic heterocycles. The van der Waals surface area contributed by atoms with Crippen molar-refractivity contribution in [2.24, 2.45) is 0 Å². The lowest BCUT2D eigenvalue weighted by molar-refractivity contribution is 0.173. The molecule has 2 heterocycles. The van der Waals surface area contributed by atoms with Crippen LogP contribution in [0.1, 0.15) is 25.3 Å². The van der Waals surface area contributed by atoms with E-state index in [1.807, 2.05) is 6.92 Å². The van der Waals surface area contributed by atoms with Crippen LogP contribution < -0.4 is 14.8 Å². The fourth-order valence-corrected chi connectivity index (χ4v) is 3.52. The van der Waals surface area contributed by atoms with Gasteiger partial charge < -0.3 is 14.8 Å². The summed E-state index contributed by atoms with van der Waals surface area (Å²) in [5.74, 6) is 0.828. The Morgan fingerprint density at radius 2 is 2.29 bits per heavy atom. The van der Waals surface area contributed by atoms with Gasteiger partial charge in [0.15, 0.2) is 11.5 Å². The lowest BCUT2D eigenvalue weighted by atomic mass is 9.90. The van der Waals surface area contributed by atoms with Crippen molar-refractivity contribution in [1.82, 2.24) is 5.32 Å². The van der Waals surface area contributed by atoms with Gasteiger partial charge in [0, 0.05) is 17.2 Å². The predicted molar refractivity (Wildman–Crippen MR) is 64.8 cm³/mol. The number of hydrogen-bond donors (Lipinski definition) is 1. The molecule has 92 valence electrons. The third kappa shape index (κ3) is 1.64. The summed E-state index contributed by atoms with van der Waals surface area (Å²) in [6, 6.07) is 1.41. The molecule has 2 aliphatic rings. The fourth-order valence-electron chi connectivity index (χ4n) is 2.59. The minimum absolute atomic E-state index is 0.154. The van der Waals surface area contributed by atoms with Crippen molar-refractivity contribution in [3.8, 4) is 11.5 Å². The van der Waals surface area contributed by atoms with Crippen molar-refractivity contribution < 1.29 is 13.9 Å². The Kier molecular flexibility index (Phi) is 2.56. The van der Waals surface area contributed by atoms with E-state index in [1.165, 1.54) is 6.07 Å². The molecule has 1 fully saturated rings. The third-order valence-electron chi connectivity index (χ3n) is 3.48. The van der Waals surface area contributed by atoms with Crippen molar-refractivity contribution in [2.75, 3.05) is 13.3 Å². The molecular weight excluding hydrogens is 289 g/mol. The standard InChI is InChI=1S/C12H13BrFNO2/c1-12(3-2-4-15-12)9-7(14)5-8-11(10(9)13)17-6-16-8/h5,15H,2-4,6H2,1H3. The topological polar surface area (TPSA) is 30.5 Å². The highest BCUT2D eigenvalue weighted by molar-refractivity contribution is 9.10. The van der Waals surface area contributed by atoms with Crippen molar-refractivity contribution in [1.29, 1.82) is 0 Å². The van der Waals surface area contributed by atoms with Crippen molar-refractivity contribution in [3.63, 3.8) is 0 Å². The smallest absolute Gasteiger partial charge is 0.231 e. The second kappa shape index (κ2) is 3.85. The molecule has 0 spiro atoms. The van der Waals surface area contributed by atoms with Gasteiger partial charge in [-0.2, -0.15) is 0 Å². The van der Waals surface area contributed by atoms with E-state index in [0.717, 1.165) is 19.4 Å². The van der Waals surface area contributed by atoms with Crippen molar-refractivity contribution >= 4 is 15.9 Å². The first-order valence-electron chi connectivity index (χ1n) is 5.65. The third-order valence-corrected chi connectivity index (χ3v) is 4.23.